The van der Waals surface area contributed by atoms with Crippen molar-refractivity contribution in [3.63, 3.8) is 0 Å². The van der Waals surface area contributed by atoms with E-state index in [-0.39, 0.29) is 24.9 Å². The van der Waals surface area contributed by atoms with Crippen molar-refractivity contribution in [1.29, 1.82) is 0 Å². The van der Waals surface area contributed by atoms with Crippen LogP contribution in [0.25, 0.3) is 10.9 Å². The Morgan fingerprint density at radius 2 is 1.85 bits per heavy atom. The Balaban J connectivity index is 1.21. The van der Waals surface area contributed by atoms with Gasteiger partial charge in [-0.15, -0.1) is 0 Å². The second kappa shape index (κ2) is 9.09. The van der Waals surface area contributed by atoms with Gasteiger partial charge in [0.25, 0.3) is 0 Å². The van der Waals surface area contributed by atoms with E-state index in [9.17, 15) is 9.59 Å². The number of nitrogens with zero attached hydrogens (tertiary/aromatic N) is 1. The molecule has 7 heteroatoms. The van der Waals surface area contributed by atoms with E-state index in [4.69, 9.17) is 14.2 Å². The predicted octanol–water partition coefficient (Wildman–Crippen LogP) is 4.39. The molecule has 2 aromatic carbocycles. The van der Waals surface area contributed by atoms with Gasteiger partial charge in [0, 0.05) is 34.1 Å². The highest BCUT2D eigenvalue weighted by Crippen LogP contribution is 2.31. The molecule has 2 aromatic heterocycles. The van der Waals surface area contributed by atoms with Crippen molar-refractivity contribution in [3.8, 4) is 11.5 Å². The van der Waals surface area contributed by atoms with Crippen molar-refractivity contribution < 1.29 is 23.8 Å². The standard InChI is InChI=1S/C27H26N2O5/c1-17-11-22(18(2)29(17)14-20-15-32-25-9-5-6-10-26(25)34-20)24(30)16-33-27(31)12-19-13-28-23-8-4-3-7-21(19)23/h3-11,13,20,28H,12,14-16H2,1-2H3/t20-/m1/s1. The highest BCUT2D eigenvalue weighted by molar-refractivity contribution is 5.99. The van der Waals surface area contributed by atoms with Crippen LogP contribution in [-0.2, 0) is 22.5 Å². The number of H-pyrrole nitrogens is 1. The minimum Gasteiger partial charge on any atom is -0.486 e. The third-order valence-corrected chi connectivity index (χ3v) is 6.20. The molecule has 5 rings (SSSR count). The number of aromatic nitrogens is 2. The molecule has 4 aromatic rings. The summed E-state index contributed by atoms with van der Waals surface area (Å²) in [5, 5.41) is 0.978. The molecule has 1 atom stereocenters. The lowest BCUT2D eigenvalue weighted by atomic mass is 10.1. The van der Waals surface area contributed by atoms with Crippen LogP contribution >= 0.6 is 0 Å². The Morgan fingerprint density at radius 1 is 1.09 bits per heavy atom. The van der Waals surface area contributed by atoms with Crippen LogP contribution in [0.4, 0.5) is 0 Å². The maximum atomic E-state index is 12.9. The minimum atomic E-state index is -0.432. The average Bonchev–Trinajstić information content (AvgIpc) is 3.38. The van der Waals surface area contributed by atoms with E-state index in [1.807, 2.05) is 73.0 Å². The Bertz CT molecular complexity index is 1370. The fourth-order valence-corrected chi connectivity index (χ4v) is 4.43. The third kappa shape index (κ3) is 4.29. The first-order chi connectivity index (χ1) is 16.5. The molecule has 0 spiro atoms. The molecule has 0 aliphatic carbocycles. The van der Waals surface area contributed by atoms with Gasteiger partial charge in [0.05, 0.1) is 13.0 Å². The van der Waals surface area contributed by atoms with Crippen molar-refractivity contribution in [2.24, 2.45) is 0 Å². The molecule has 1 N–H and O–H groups in total. The van der Waals surface area contributed by atoms with Crippen LogP contribution in [0.3, 0.4) is 0 Å². The normalized spacial score (nSPS) is 14.8. The van der Waals surface area contributed by atoms with Gasteiger partial charge < -0.3 is 23.8 Å². The predicted molar refractivity (Wildman–Crippen MR) is 128 cm³/mol. The van der Waals surface area contributed by atoms with Crippen LogP contribution in [0.1, 0.15) is 27.3 Å². The van der Waals surface area contributed by atoms with Crippen LogP contribution in [0.2, 0.25) is 0 Å². The van der Waals surface area contributed by atoms with Crippen LogP contribution < -0.4 is 9.47 Å². The van der Waals surface area contributed by atoms with Gasteiger partial charge in [0.15, 0.2) is 24.2 Å². The number of aromatic amines is 1. The van der Waals surface area contributed by atoms with Gasteiger partial charge in [0.2, 0.25) is 5.78 Å². The van der Waals surface area contributed by atoms with Gasteiger partial charge in [-0.25, -0.2) is 0 Å². The van der Waals surface area contributed by atoms with Crippen molar-refractivity contribution >= 4 is 22.7 Å². The average molecular weight is 459 g/mol. The first-order valence-electron chi connectivity index (χ1n) is 11.3. The summed E-state index contributed by atoms with van der Waals surface area (Å²) in [4.78, 5) is 28.4. The number of hydrogen-bond donors (Lipinski definition) is 1. The quantitative estimate of drug-likeness (QED) is 0.328. The number of carbonyl (C=O) groups is 2. The number of benzene rings is 2. The molecule has 0 fully saturated rings. The number of ketones is 1. The molecule has 0 saturated carbocycles. The molecule has 0 bridgehead atoms. The van der Waals surface area contributed by atoms with Crippen molar-refractivity contribution in [1.82, 2.24) is 9.55 Å². The summed E-state index contributed by atoms with van der Waals surface area (Å²) < 4.78 is 19.2. The molecule has 0 unspecified atom stereocenters. The number of hydrogen-bond acceptors (Lipinski definition) is 5. The van der Waals surface area contributed by atoms with Gasteiger partial charge in [-0.2, -0.15) is 0 Å². The fraction of sp³-hybridized carbons (Fsp3) is 0.259. The monoisotopic (exact) mass is 458 g/mol. The Morgan fingerprint density at radius 3 is 2.71 bits per heavy atom. The lowest BCUT2D eigenvalue weighted by Crippen LogP contribution is -2.33. The number of nitrogens with one attached hydrogen (secondary N) is 1. The zero-order chi connectivity index (χ0) is 23.7. The van der Waals surface area contributed by atoms with Gasteiger partial charge in [-0.1, -0.05) is 30.3 Å². The topological polar surface area (TPSA) is 82.6 Å². The maximum absolute atomic E-state index is 12.9. The summed E-state index contributed by atoms with van der Waals surface area (Å²) in [6.45, 7) is 4.54. The van der Waals surface area contributed by atoms with E-state index in [2.05, 4.69) is 4.98 Å². The van der Waals surface area contributed by atoms with Crippen LogP contribution in [0.15, 0.2) is 60.8 Å². The molecule has 174 valence electrons. The SMILES string of the molecule is Cc1cc(C(=O)COC(=O)Cc2c[nH]c3ccccc23)c(C)n1C[C@@H]1COc2ccccc2O1. The van der Waals surface area contributed by atoms with Crippen LogP contribution in [-0.4, -0.2) is 40.6 Å². The summed E-state index contributed by atoms with van der Waals surface area (Å²) in [7, 11) is 0. The van der Waals surface area contributed by atoms with E-state index in [1.54, 1.807) is 6.20 Å². The van der Waals surface area contributed by atoms with E-state index in [1.165, 1.54) is 0 Å². The number of para-hydroxylation sites is 3. The summed E-state index contributed by atoms with van der Waals surface area (Å²) in [5.41, 5.74) is 4.12. The highest BCUT2D eigenvalue weighted by Gasteiger charge is 2.24. The smallest absolute Gasteiger partial charge is 0.310 e. The van der Waals surface area contributed by atoms with Gasteiger partial charge >= 0.3 is 5.97 Å². The molecule has 7 nitrogen and oxygen atoms in total. The fourth-order valence-electron chi connectivity index (χ4n) is 4.43. The zero-order valence-electron chi connectivity index (χ0n) is 19.2. The van der Waals surface area contributed by atoms with E-state index < -0.39 is 5.97 Å². The second-order valence-corrected chi connectivity index (χ2v) is 8.51. The number of fused-ring (bicyclic) bond motifs is 2. The molecular weight excluding hydrogens is 432 g/mol. The van der Waals surface area contributed by atoms with Crippen molar-refractivity contribution in [2.75, 3.05) is 13.2 Å². The lowest BCUT2D eigenvalue weighted by Gasteiger charge is -2.27. The number of Topliss-reactive ketones (excluding diaryl/α,β-unsaturated/α-hetero) is 1. The highest BCUT2D eigenvalue weighted by atomic mass is 16.6. The molecule has 3 heterocycles. The van der Waals surface area contributed by atoms with Gasteiger partial charge in [0.1, 0.15) is 6.61 Å². The second-order valence-electron chi connectivity index (χ2n) is 8.51. The molecule has 0 radical (unpaired) electrons. The molecule has 0 saturated heterocycles. The van der Waals surface area contributed by atoms with Gasteiger partial charge in [-0.3, -0.25) is 9.59 Å². The number of esters is 1. The molecule has 34 heavy (non-hydrogen) atoms. The Labute approximate surface area is 197 Å². The summed E-state index contributed by atoms with van der Waals surface area (Å²) in [6, 6.07) is 17.2. The molecular formula is C27H26N2O5. The van der Waals surface area contributed by atoms with Crippen molar-refractivity contribution in [2.45, 2.75) is 32.9 Å². The van der Waals surface area contributed by atoms with Crippen LogP contribution in [0.5, 0.6) is 11.5 Å². The van der Waals surface area contributed by atoms with Crippen LogP contribution in [0, 0.1) is 13.8 Å². The first-order valence-corrected chi connectivity index (χ1v) is 11.3. The zero-order valence-corrected chi connectivity index (χ0v) is 19.2. The summed E-state index contributed by atoms with van der Waals surface area (Å²) in [5.74, 6) is 0.806. The maximum Gasteiger partial charge on any atom is 0.310 e. The number of ether oxygens (including phenoxy) is 3. The number of rotatable bonds is 7. The number of aryl methyl sites for hydroxylation is 1. The molecule has 1 aliphatic heterocycles. The largest absolute Gasteiger partial charge is 0.486 e. The molecule has 0 amide bonds. The molecule has 1 aliphatic rings. The summed E-state index contributed by atoms with van der Waals surface area (Å²) in [6.07, 6.45) is 1.74. The Kier molecular flexibility index (Phi) is 5.84. The third-order valence-electron chi connectivity index (χ3n) is 6.20. The lowest BCUT2D eigenvalue weighted by molar-refractivity contribution is -0.141. The summed E-state index contributed by atoms with van der Waals surface area (Å²) >= 11 is 0. The van der Waals surface area contributed by atoms with E-state index >= 15 is 0 Å². The van der Waals surface area contributed by atoms with Crippen molar-refractivity contribution in [3.05, 3.63) is 83.3 Å². The van der Waals surface area contributed by atoms with E-state index in [0.717, 1.165) is 39.4 Å². The first kappa shape index (κ1) is 21.8. The minimum absolute atomic E-state index is 0.108. The van der Waals surface area contributed by atoms with Gasteiger partial charge in [-0.05, 0) is 43.7 Å². The Hall–Kier alpha value is -4.00. The van der Waals surface area contributed by atoms with E-state index in [0.29, 0.717) is 18.7 Å². The number of carbonyl (C=O) groups excluding carboxylic acids is 2.